The van der Waals surface area contributed by atoms with Gasteiger partial charge < -0.3 is 14.9 Å². The van der Waals surface area contributed by atoms with E-state index in [-0.39, 0.29) is 22.8 Å². The van der Waals surface area contributed by atoms with E-state index in [4.69, 9.17) is 4.74 Å². The Hall–Kier alpha value is -2.56. The number of Topliss-reactive ketones (excluding diaryl/α,β-unsaturated/α-hetero) is 1. The van der Waals surface area contributed by atoms with Crippen LogP contribution in [0, 0.1) is 12.7 Å². The topological polar surface area (TPSA) is 66.8 Å². The Morgan fingerprint density at radius 1 is 1.17 bits per heavy atom. The second-order valence-electron chi connectivity index (χ2n) is 5.39. The Balaban J connectivity index is 2.15. The molecule has 2 aromatic carbocycles. The lowest BCUT2D eigenvalue weighted by molar-refractivity contribution is 0.0916. The lowest BCUT2D eigenvalue weighted by atomic mass is 10.0. The number of aryl methyl sites for hydroxylation is 2. The molecule has 0 unspecified atom stereocenters. The van der Waals surface area contributed by atoms with Crippen LogP contribution < -0.4 is 4.74 Å². The van der Waals surface area contributed by atoms with E-state index in [9.17, 15) is 19.4 Å². The zero-order valence-corrected chi connectivity index (χ0v) is 13.1. The molecule has 0 heterocycles. The lowest BCUT2D eigenvalue weighted by Crippen LogP contribution is -2.13. The highest BCUT2D eigenvalue weighted by atomic mass is 19.1. The van der Waals surface area contributed by atoms with Crippen molar-refractivity contribution >= 4 is 5.78 Å². The van der Waals surface area contributed by atoms with Gasteiger partial charge in [-0.05, 0) is 42.7 Å². The van der Waals surface area contributed by atoms with E-state index in [0.29, 0.717) is 12.0 Å². The molecular formula is C18H19FO4. The normalized spacial score (nSPS) is 10.6. The second-order valence-corrected chi connectivity index (χ2v) is 5.39. The van der Waals surface area contributed by atoms with Crippen LogP contribution in [0.4, 0.5) is 4.39 Å². The number of rotatable bonds is 6. The molecule has 0 saturated heterocycles. The average Bonchev–Trinajstić information content (AvgIpc) is 2.49. The van der Waals surface area contributed by atoms with Gasteiger partial charge in [0.25, 0.3) is 0 Å². The molecule has 0 amide bonds. The highest BCUT2D eigenvalue weighted by molar-refractivity contribution is 6.00. The molecule has 0 aliphatic heterocycles. The molecule has 4 nitrogen and oxygen atoms in total. The van der Waals surface area contributed by atoms with Crippen LogP contribution in [-0.4, -0.2) is 22.6 Å². The monoisotopic (exact) mass is 318 g/mol. The van der Waals surface area contributed by atoms with Crippen molar-refractivity contribution in [1.29, 1.82) is 0 Å². The number of carbonyl (C=O) groups excluding carboxylic acids is 1. The summed E-state index contributed by atoms with van der Waals surface area (Å²) in [7, 11) is 0. The molecule has 0 aromatic heterocycles. The van der Waals surface area contributed by atoms with E-state index in [1.807, 2.05) is 6.92 Å². The van der Waals surface area contributed by atoms with Gasteiger partial charge in [-0.1, -0.05) is 19.4 Å². The minimum Gasteiger partial charge on any atom is -0.508 e. The number of hydrogen-bond acceptors (Lipinski definition) is 4. The summed E-state index contributed by atoms with van der Waals surface area (Å²) in [5.41, 5.74) is 1.38. The molecule has 5 heteroatoms. The summed E-state index contributed by atoms with van der Waals surface area (Å²) in [5.74, 6) is -1.41. The zero-order chi connectivity index (χ0) is 17.0. The number of halogens is 1. The smallest absolute Gasteiger partial charge is 0.203 e. The molecular weight excluding hydrogens is 299 g/mol. The Labute approximate surface area is 134 Å². The number of benzene rings is 2. The van der Waals surface area contributed by atoms with Crippen LogP contribution in [0.15, 0.2) is 30.3 Å². The van der Waals surface area contributed by atoms with Crippen molar-refractivity contribution in [1.82, 2.24) is 0 Å². The number of aromatic hydroxyl groups is 2. The van der Waals surface area contributed by atoms with Crippen molar-refractivity contribution < 1.29 is 24.1 Å². The van der Waals surface area contributed by atoms with Gasteiger partial charge in [0.15, 0.2) is 18.2 Å². The fourth-order valence-corrected chi connectivity index (χ4v) is 2.26. The first-order valence-electron chi connectivity index (χ1n) is 7.39. The molecule has 0 atom stereocenters. The van der Waals surface area contributed by atoms with Crippen molar-refractivity contribution in [2.24, 2.45) is 0 Å². The third-order valence-electron chi connectivity index (χ3n) is 3.46. The summed E-state index contributed by atoms with van der Waals surface area (Å²) in [6.07, 6.45) is 1.37. The van der Waals surface area contributed by atoms with E-state index in [0.717, 1.165) is 18.1 Å². The fourth-order valence-electron chi connectivity index (χ4n) is 2.26. The summed E-state index contributed by atoms with van der Waals surface area (Å²) in [4.78, 5) is 12.2. The van der Waals surface area contributed by atoms with Crippen molar-refractivity contribution in [2.45, 2.75) is 26.7 Å². The molecule has 0 fully saturated rings. The van der Waals surface area contributed by atoms with Crippen molar-refractivity contribution in [2.75, 3.05) is 6.61 Å². The first-order chi connectivity index (χ1) is 10.9. The average molecular weight is 318 g/mol. The molecule has 0 spiro atoms. The standard InChI is InChI=1S/C18H19FO4/c1-3-4-12-8-13(16(21)9-15(12)20)17(22)10-23-18-6-5-11(2)7-14(18)19/h5-9,20-21H,3-4,10H2,1-2H3. The van der Waals surface area contributed by atoms with Crippen molar-refractivity contribution in [3.63, 3.8) is 0 Å². The van der Waals surface area contributed by atoms with Gasteiger partial charge in [-0.25, -0.2) is 4.39 Å². The SMILES string of the molecule is CCCc1cc(C(=O)COc2ccc(C)cc2F)c(O)cc1O. The molecule has 23 heavy (non-hydrogen) atoms. The van der Waals surface area contributed by atoms with E-state index in [2.05, 4.69) is 0 Å². The Morgan fingerprint density at radius 2 is 1.91 bits per heavy atom. The van der Waals surface area contributed by atoms with Gasteiger partial charge in [-0.3, -0.25) is 4.79 Å². The van der Waals surface area contributed by atoms with Crippen LogP contribution in [-0.2, 0) is 6.42 Å². The van der Waals surface area contributed by atoms with Crippen molar-refractivity contribution in [3.8, 4) is 17.2 Å². The van der Waals surface area contributed by atoms with Gasteiger partial charge >= 0.3 is 0 Å². The van der Waals surface area contributed by atoms with E-state index in [1.165, 1.54) is 18.2 Å². The molecule has 2 aromatic rings. The second kappa shape index (κ2) is 7.13. The maximum atomic E-state index is 13.7. The number of phenols is 2. The quantitative estimate of drug-likeness (QED) is 0.796. The highest BCUT2D eigenvalue weighted by Crippen LogP contribution is 2.29. The van der Waals surface area contributed by atoms with Crippen LogP contribution >= 0.6 is 0 Å². The van der Waals surface area contributed by atoms with Gasteiger partial charge in [-0.2, -0.15) is 0 Å². The Kier molecular flexibility index (Phi) is 5.21. The summed E-state index contributed by atoms with van der Waals surface area (Å²) in [6.45, 7) is 3.29. The van der Waals surface area contributed by atoms with Crippen LogP contribution in [0.3, 0.4) is 0 Å². The predicted octanol–water partition coefficient (Wildman–Crippen LogP) is 3.76. The molecule has 0 radical (unpaired) electrons. The first-order valence-corrected chi connectivity index (χ1v) is 7.39. The summed E-state index contributed by atoms with van der Waals surface area (Å²) in [5, 5.41) is 19.6. The minimum atomic E-state index is -0.542. The van der Waals surface area contributed by atoms with Gasteiger partial charge in [-0.15, -0.1) is 0 Å². The molecule has 122 valence electrons. The van der Waals surface area contributed by atoms with Gasteiger partial charge in [0, 0.05) is 6.07 Å². The fraction of sp³-hybridized carbons (Fsp3) is 0.278. The number of carbonyl (C=O) groups is 1. The molecule has 2 rings (SSSR count). The summed E-state index contributed by atoms with van der Waals surface area (Å²) < 4.78 is 18.9. The van der Waals surface area contributed by atoms with Crippen LogP contribution in [0.1, 0.15) is 34.8 Å². The van der Waals surface area contributed by atoms with E-state index >= 15 is 0 Å². The predicted molar refractivity (Wildman–Crippen MR) is 84.7 cm³/mol. The lowest BCUT2D eigenvalue weighted by Gasteiger charge is -2.10. The molecule has 2 N–H and O–H groups in total. The first kappa shape index (κ1) is 16.8. The summed E-state index contributed by atoms with van der Waals surface area (Å²) in [6, 6.07) is 7.05. The molecule has 0 aliphatic carbocycles. The molecule has 0 saturated carbocycles. The Bertz CT molecular complexity index is 725. The maximum absolute atomic E-state index is 13.7. The van der Waals surface area contributed by atoms with E-state index < -0.39 is 18.2 Å². The van der Waals surface area contributed by atoms with Crippen LogP contribution in [0.25, 0.3) is 0 Å². The maximum Gasteiger partial charge on any atom is 0.203 e. The molecule has 0 aliphatic rings. The number of phenolic OH excluding ortho intramolecular Hbond substituents is 2. The van der Waals surface area contributed by atoms with Gasteiger partial charge in [0.2, 0.25) is 5.78 Å². The third kappa shape index (κ3) is 4.00. The van der Waals surface area contributed by atoms with Crippen LogP contribution in [0.2, 0.25) is 0 Å². The zero-order valence-electron chi connectivity index (χ0n) is 13.1. The largest absolute Gasteiger partial charge is 0.508 e. The van der Waals surface area contributed by atoms with Crippen molar-refractivity contribution in [3.05, 3.63) is 52.8 Å². The number of ether oxygens (including phenoxy) is 1. The number of hydrogen-bond donors (Lipinski definition) is 2. The summed E-state index contributed by atoms with van der Waals surface area (Å²) >= 11 is 0. The van der Waals surface area contributed by atoms with Gasteiger partial charge in [0.05, 0.1) is 5.56 Å². The highest BCUT2D eigenvalue weighted by Gasteiger charge is 2.16. The number of ketones is 1. The van der Waals surface area contributed by atoms with E-state index in [1.54, 1.807) is 13.0 Å². The van der Waals surface area contributed by atoms with Crippen LogP contribution in [0.5, 0.6) is 17.2 Å². The minimum absolute atomic E-state index is 0.0176. The molecule has 0 bridgehead atoms. The third-order valence-corrected chi connectivity index (χ3v) is 3.46. The Morgan fingerprint density at radius 3 is 2.57 bits per heavy atom. The van der Waals surface area contributed by atoms with Gasteiger partial charge in [0.1, 0.15) is 11.5 Å².